The summed E-state index contributed by atoms with van der Waals surface area (Å²) < 4.78 is 0. The number of aromatic nitrogens is 1. The van der Waals surface area contributed by atoms with E-state index < -0.39 is 0 Å². The Morgan fingerprint density at radius 3 is 2.62 bits per heavy atom. The van der Waals surface area contributed by atoms with Crippen LogP contribution in [0.15, 0.2) is 42.7 Å². The molecule has 0 bridgehead atoms. The van der Waals surface area contributed by atoms with Crippen LogP contribution in [-0.4, -0.2) is 25.6 Å². The highest BCUT2D eigenvalue weighted by Gasteiger charge is 2.08. The number of hydrogen-bond donors (Lipinski definition) is 1. The molecule has 1 aromatic carbocycles. The molecular weight excluding hydrogens is 260 g/mol. The zero-order chi connectivity index (χ0) is 15.1. The van der Waals surface area contributed by atoms with Gasteiger partial charge in [-0.2, -0.15) is 5.26 Å². The Labute approximate surface area is 126 Å². The monoisotopic (exact) mass is 280 g/mol. The number of rotatable bonds is 6. The first-order valence-electron chi connectivity index (χ1n) is 7.02. The molecule has 2 aromatic rings. The number of pyridine rings is 1. The molecule has 1 heterocycles. The lowest BCUT2D eigenvalue weighted by atomic mass is 10.1. The van der Waals surface area contributed by atoms with E-state index in [1.165, 1.54) is 5.56 Å². The molecule has 0 spiro atoms. The predicted molar refractivity (Wildman–Crippen MR) is 85.1 cm³/mol. The summed E-state index contributed by atoms with van der Waals surface area (Å²) in [5.41, 5.74) is 4.08. The van der Waals surface area contributed by atoms with Gasteiger partial charge in [0.15, 0.2) is 0 Å². The number of likely N-dealkylation sites (N-methyl/N-ethyl adjacent to an activating group) is 1. The van der Waals surface area contributed by atoms with Crippen LogP contribution in [0.2, 0.25) is 0 Å². The van der Waals surface area contributed by atoms with E-state index in [0.29, 0.717) is 0 Å². The van der Waals surface area contributed by atoms with Crippen LogP contribution in [0.1, 0.15) is 16.7 Å². The highest BCUT2D eigenvalue weighted by atomic mass is 15.1. The fourth-order valence-electron chi connectivity index (χ4n) is 2.29. The summed E-state index contributed by atoms with van der Waals surface area (Å²) in [6.07, 6.45) is 4.55. The quantitative estimate of drug-likeness (QED) is 0.882. The molecule has 0 radical (unpaired) electrons. The summed E-state index contributed by atoms with van der Waals surface area (Å²) in [5.74, 6) is 0. The second-order valence-corrected chi connectivity index (χ2v) is 5.02. The highest BCUT2D eigenvalue weighted by Crippen LogP contribution is 2.20. The van der Waals surface area contributed by atoms with Gasteiger partial charge < -0.3 is 10.2 Å². The Morgan fingerprint density at radius 2 is 1.95 bits per heavy atom. The van der Waals surface area contributed by atoms with Crippen LogP contribution in [0.25, 0.3) is 0 Å². The van der Waals surface area contributed by atoms with Gasteiger partial charge in [-0.25, -0.2) is 0 Å². The average Bonchev–Trinajstić information content (AvgIpc) is 2.53. The second-order valence-electron chi connectivity index (χ2n) is 5.02. The standard InChI is InChI=1S/C17H20N4/c1-19-13-15-3-4-17(16(11-15)12-18)21(2)10-7-14-5-8-20-9-6-14/h3-6,8-9,11,19H,7,10,13H2,1-2H3. The van der Waals surface area contributed by atoms with Crippen molar-refractivity contribution < 1.29 is 0 Å². The molecule has 108 valence electrons. The van der Waals surface area contributed by atoms with Gasteiger partial charge in [-0.05, 0) is 48.9 Å². The minimum Gasteiger partial charge on any atom is -0.373 e. The molecule has 1 aromatic heterocycles. The van der Waals surface area contributed by atoms with Gasteiger partial charge in [0.1, 0.15) is 6.07 Å². The van der Waals surface area contributed by atoms with Crippen molar-refractivity contribution >= 4 is 5.69 Å². The van der Waals surface area contributed by atoms with Gasteiger partial charge in [-0.1, -0.05) is 6.07 Å². The summed E-state index contributed by atoms with van der Waals surface area (Å²) in [7, 11) is 3.93. The lowest BCUT2D eigenvalue weighted by Crippen LogP contribution is -2.21. The largest absolute Gasteiger partial charge is 0.373 e. The SMILES string of the molecule is CNCc1ccc(N(C)CCc2ccncc2)c(C#N)c1. The van der Waals surface area contributed by atoms with Crippen molar-refractivity contribution in [3.05, 3.63) is 59.4 Å². The zero-order valence-corrected chi connectivity index (χ0v) is 12.5. The van der Waals surface area contributed by atoms with Gasteiger partial charge >= 0.3 is 0 Å². The fraction of sp³-hybridized carbons (Fsp3) is 0.294. The predicted octanol–water partition coefficient (Wildman–Crippen LogP) is 2.35. The lowest BCUT2D eigenvalue weighted by Gasteiger charge is -2.21. The number of benzene rings is 1. The summed E-state index contributed by atoms with van der Waals surface area (Å²) >= 11 is 0. The molecule has 0 saturated carbocycles. The van der Waals surface area contributed by atoms with Crippen LogP contribution >= 0.6 is 0 Å². The normalized spacial score (nSPS) is 10.1. The van der Waals surface area contributed by atoms with Gasteiger partial charge in [-0.15, -0.1) is 0 Å². The fourth-order valence-corrected chi connectivity index (χ4v) is 2.29. The number of nitrogens with one attached hydrogen (secondary N) is 1. The Morgan fingerprint density at radius 1 is 1.19 bits per heavy atom. The minimum atomic E-state index is 0.722. The van der Waals surface area contributed by atoms with E-state index in [0.717, 1.165) is 36.3 Å². The molecule has 0 aliphatic heterocycles. The molecule has 4 nitrogen and oxygen atoms in total. The first-order chi connectivity index (χ1) is 10.2. The third-order valence-electron chi connectivity index (χ3n) is 3.46. The molecule has 0 fully saturated rings. The first-order valence-corrected chi connectivity index (χ1v) is 7.02. The van der Waals surface area contributed by atoms with E-state index >= 15 is 0 Å². The van der Waals surface area contributed by atoms with Gasteiger partial charge in [0.25, 0.3) is 0 Å². The van der Waals surface area contributed by atoms with Crippen molar-refractivity contribution in [1.29, 1.82) is 5.26 Å². The van der Waals surface area contributed by atoms with Gasteiger partial charge in [0, 0.05) is 32.5 Å². The van der Waals surface area contributed by atoms with E-state index in [1.54, 1.807) is 0 Å². The summed E-state index contributed by atoms with van der Waals surface area (Å²) in [6.45, 7) is 1.64. The van der Waals surface area contributed by atoms with Crippen LogP contribution < -0.4 is 10.2 Å². The summed E-state index contributed by atoms with van der Waals surface area (Å²) in [6, 6.07) is 12.4. The van der Waals surface area contributed by atoms with Crippen molar-refractivity contribution in [1.82, 2.24) is 10.3 Å². The van der Waals surface area contributed by atoms with Crippen molar-refractivity contribution in [2.45, 2.75) is 13.0 Å². The maximum atomic E-state index is 9.34. The van der Waals surface area contributed by atoms with Crippen molar-refractivity contribution in [2.24, 2.45) is 0 Å². The van der Waals surface area contributed by atoms with Crippen LogP contribution in [0.4, 0.5) is 5.69 Å². The Bertz CT molecular complexity index is 616. The third kappa shape index (κ3) is 4.04. The van der Waals surface area contributed by atoms with E-state index in [-0.39, 0.29) is 0 Å². The molecule has 0 amide bonds. The maximum absolute atomic E-state index is 9.34. The third-order valence-corrected chi connectivity index (χ3v) is 3.46. The number of hydrogen-bond acceptors (Lipinski definition) is 4. The molecular formula is C17H20N4. The number of anilines is 1. The van der Waals surface area contributed by atoms with Crippen LogP contribution in [0, 0.1) is 11.3 Å². The molecule has 0 atom stereocenters. The van der Waals surface area contributed by atoms with E-state index in [4.69, 9.17) is 0 Å². The Hall–Kier alpha value is -2.38. The van der Waals surface area contributed by atoms with Gasteiger partial charge in [-0.3, -0.25) is 4.98 Å². The minimum absolute atomic E-state index is 0.722. The Balaban J connectivity index is 2.08. The number of nitriles is 1. The second kappa shape index (κ2) is 7.41. The summed E-state index contributed by atoms with van der Waals surface area (Å²) in [4.78, 5) is 6.15. The number of nitrogens with zero attached hydrogens (tertiary/aromatic N) is 3. The van der Waals surface area contributed by atoms with Gasteiger partial charge in [0.2, 0.25) is 0 Å². The van der Waals surface area contributed by atoms with Gasteiger partial charge in [0.05, 0.1) is 11.3 Å². The Kier molecular flexibility index (Phi) is 5.30. The molecule has 21 heavy (non-hydrogen) atoms. The van der Waals surface area contributed by atoms with E-state index in [9.17, 15) is 5.26 Å². The van der Waals surface area contributed by atoms with Crippen molar-refractivity contribution in [3.8, 4) is 6.07 Å². The molecule has 2 rings (SSSR count). The summed E-state index contributed by atoms with van der Waals surface area (Å²) in [5, 5.41) is 12.4. The topological polar surface area (TPSA) is 52.0 Å². The average molecular weight is 280 g/mol. The molecule has 0 saturated heterocycles. The first kappa shape index (κ1) is 15.0. The zero-order valence-electron chi connectivity index (χ0n) is 12.5. The smallest absolute Gasteiger partial charge is 0.101 e. The molecule has 0 aliphatic rings. The highest BCUT2D eigenvalue weighted by molar-refractivity contribution is 5.60. The van der Waals surface area contributed by atoms with Crippen LogP contribution in [0.3, 0.4) is 0 Å². The molecule has 1 N–H and O–H groups in total. The molecule has 0 aliphatic carbocycles. The van der Waals surface area contributed by atoms with Crippen molar-refractivity contribution in [3.63, 3.8) is 0 Å². The molecule has 0 unspecified atom stereocenters. The maximum Gasteiger partial charge on any atom is 0.101 e. The lowest BCUT2D eigenvalue weighted by molar-refractivity contribution is 0.816. The molecule has 4 heteroatoms. The van der Waals surface area contributed by atoms with Crippen molar-refractivity contribution in [2.75, 3.05) is 25.5 Å². The van der Waals surface area contributed by atoms with Crippen LogP contribution in [0.5, 0.6) is 0 Å². The van der Waals surface area contributed by atoms with E-state index in [2.05, 4.69) is 27.3 Å². The van der Waals surface area contributed by atoms with Crippen LogP contribution in [-0.2, 0) is 13.0 Å². The van der Waals surface area contributed by atoms with E-state index in [1.807, 2.05) is 50.8 Å².